The summed E-state index contributed by atoms with van der Waals surface area (Å²) in [7, 11) is 3.83. The van der Waals surface area contributed by atoms with Crippen LogP contribution in [0.2, 0.25) is 0 Å². The van der Waals surface area contributed by atoms with Gasteiger partial charge in [-0.1, -0.05) is 18.2 Å². The summed E-state index contributed by atoms with van der Waals surface area (Å²) < 4.78 is 14.2. The molecule has 11 rings (SSSR count). The van der Waals surface area contributed by atoms with Gasteiger partial charge in [0.1, 0.15) is 11.0 Å². The second-order valence-corrected chi connectivity index (χ2v) is 20.2. The molecular weight excluding hydrogens is 798 g/mol. The third kappa shape index (κ3) is 6.60. The van der Waals surface area contributed by atoms with E-state index >= 15 is 0 Å². The average molecular weight is 853 g/mol. The Balaban J connectivity index is 0.719. The highest BCUT2D eigenvalue weighted by Gasteiger charge is 2.63. The first-order valence-corrected chi connectivity index (χ1v) is 23.5. The molecule has 3 radical (unpaired) electrons. The van der Waals surface area contributed by atoms with Crippen LogP contribution in [0.3, 0.4) is 0 Å². The van der Waals surface area contributed by atoms with Crippen molar-refractivity contribution in [2.24, 2.45) is 17.8 Å². The number of phenols is 1. The van der Waals surface area contributed by atoms with Crippen molar-refractivity contribution in [1.29, 1.82) is 0 Å². The number of carbonyl (C=O) groups is 2. The predicted octanol–water partition coefficient (Wildman–Crippen LogP) is 6.12. The Morgan fingerprint density at radius 3 is 2.48 bits per heavy atom. The van der Waals surface area contributed by atoms with Gasteiger partial charge in [0.25, 0.3) is 0 Å². The van der Waals surface area contributed by atoms with Gasteiger partial charge in [-0.05, 0) is 155 Å². The number of piperidine rings is 2. The molecule has 3 aliphatic carbocycles. The van der Waals surface area contributed by atoms with E-state index in [1.54, 1.807) is 12.1 Å². The second kappa shape index (κ2) is 15.4. The van der Waals surface area contributed by atoms with E-state index in [2.05, 4.69) is 64.7 Å². The lowest BCUT2D eigenvalue weighted by Gasteiger charge is -2.51. The van der Waals surface area contributed by atoms with Crippen molar-refractivity contribution in [3.05, 3.63) is 83.2 Å². The Kier molecular flexibility index (Phi) is 9.90. The molecule has 5 atom stereocenters. The van der Waals surface area contributed by atoms with Crippen molar-refractivity contribution in [3.8, 4) is 17.0 Å². The van der Waals surface area contributed by atoms with Gasteiger partial charge in [-0.15, -0.1) is 10.2 Å². The van der Waals surface area contributed by atoms with Gasteiger partial charge in [0.2, 0.25) is 11.8 Å². The highest BCUT2D eigenvalue weighted by molar-refractivity contribution is 6.33. The zero-order chi connectivity index (χ0) is 42.3. The van der Waals surface area contributed by atoms with Gasteiger partial charge in [0, 0.05) is 66.6 Å². The number of carbonyl (C=O) groups excluding carboxylic acids is 2. The largest absolute Gasteiger partial charge is 0.504 e. The number of nitrogen functional groups attached to an aromatic ring is 1. The quantitative estimate of drug-likeness (QED) is 0.146. The topological polar surface area (TPSA) is 154 Å². The second-order valence-electron chi connectivity index (χ2n) is 19.4. The molecule has 4 N–H and O–H groups in total. The highest BCUT2D eigenvalue weighted by Crippen LogP contribution is 2.65. The minimum atomic E-state index is -0.880. The molecule has 0 spiro atoms. The van der Waals surface area contributed by atoms with E-state index in [0.29, 0.717) is 65.5 Å². The maximum Gasteiger partial charge on any atom is 0.248 e. The summed E-state index contributed by atoms with van der Waals surface area (Å²) in [6.07, 6.45) is 15.3. The number of nitrogens with one attached hydrogen (secondary N) is 1. The molecule has 2 aromatic carbocycles. The first-order chi connectivity index (χ1) is 30.1. The van der Waals surface area contributed by atoms with E-state index in [1.165, 1.54) is 55.0 Å². The Hall–Kier alpha value is -4.95. The van der Waals surface area contributed by atoms with Crippen LogP contribution in [0.25, 0.3) is 11.3 Å². The fourth-order valence-corrected chi connectivity index (χ4v) is 13.2. The summed E-state index contributed by atoms with van der Waals surface area (Å²) in [5, 5.41) is 20.6. The van der Waals surface area contributed by atoms with Gasteiger partial charge in [-0.3, -0.25) is 14.9 Å². The smallest absolute Gasteiger partial charge is 0.248 e. The number of nitrogens with zero attached hydrogens (tertiary/aromatic N) is 7. The lowest BCUT2D eigenvalue weighted by atomic mass is 9.54. The van der Waals surface area contributed by atoms with Gasteiger partial charge in [0.05, 0.1) is 21.6 Å². The normalized spacial score (nSPS) is 31.3. The number of imide groups is 1. The fraction of sp³-hybridized carbons (Fsp3) is 0.542. The number of fused-ring (bicyclic) bond motifs is 4. The molecule has 12 nitrogen and oxygen atoms in total. The van der Waals surface area contributed by atoms with Crippen molar-refractivity contribution in [1.82, 2.24) is 30.4 Å². The van der Waals surface area contributed by atoms with Crippen molar-refractivity contribution in [2.75, 3.05) is 48.3 Å². The number of hydrogen-bond donors (Lipinski definition) is 3. The molecule has 2 aromatic heterocycles. The number of para-hydroxylation sites is 1. The lowest BCUT2D eigenvalue weighted by Crippen LogP contribution is -2.63. The fourth-order valence-electron chi connectivity index (χ4n) is 12.8. The Morgan fingerprint density at radius 1 is 0.871 bits per heavy atom. The van der Waals surface area contributed by atoms with Crippen LogP contribution >= 0.6 is 0 Å². The summed E-state index contributed by atoms with van der Waals surface area (Å²) in [5.74, 6) is 2.36. The average Bonchev–Trinajstić information content (AvgIpc) is 3.88. The number of aromatic nitrogens is 4. The number of rotatable bonds is 7. The molecule has 2 unspecified atom stereocenters. The number of anilines is 3. The number of aromatic hydroxyl groups is 1. The molecule has 62 heavy (non-hydrogen) atoms. The molecular formula is C48H55FN9O3Si. The number of benzene rings is 2. The molecule has 7 aliphatic rings. The Bertz CT molecular complexity index is 2420. The Morgan fingerprint density at radius 2 is 1.69 bits per heavy atom. The predicted molar refractivity (Wildman–Crippen MR) is 235 cm³/mol. The van der Waals surface area contributed by atoms with Crippen LogP contribution in [0, 0.1) is 23.6 Å². The maximum absolute atomic E-state index is 14.2. The molecule has 4 aliphatic heterocycles. The number of hydrogen-bond acceptors (Lipinski definition) is 11. The molecule has 2 amide bonds. The van der Waals surface area contributed by atoms with Gasteiger partial charge in [-0.2, -0.15) is 0 Å². The summed E-state index contributed by atoms with van der Waals surface area (Å²) in [6.45, 7) is 4.67. The molecule has 3 saturated carbocycles. The lowest BCUT2D eigenvalue weighted by molar-refractivity contribution is -0.135. The van der Waals surface area contributed by atoms with Crippen LogP contribution in [0.4, 0.5) is 21.6 Å². The van der Waals surface area contributed by atoms with Crippen molar-refractivity contribution < 1.29 is 19.1 Å². The summed E-state index contributed by atoms with van der Waals surface area (Å²) >= 11 is 0. The van der Waals surface area contributed by atoms with Crippen LogP contribution in [0.5, 0.6) is 5.75 Å². The van der Waals surface area contributed by atoms with Crippen LogP contribution in [0.15, 0.2) is 54.7 Å². The van der Waals surface area contributed by atoms with Crippen LogP contribution in [-0.2, 0) is 21.4 Å². The van der Waals surface area contributed by atoms with Crippen molar-refractivity contribution in [2.45, 2.75) is 112 Å². The Labute approximate surface area is 365 Å². The van der Waals surface area contributed by atoms with E-state index in [1.807, 2.05) is 12.3 Å². The van der Waals surface area contributed by atoms with Crippen molar-refractivity contribution in [3.63, 3.8) is 0 Å². The van der Waals surface area contributed by atoms with Crippen LogP contribution < -0.4 is 20.9 Å². The van der Waals surface area contributed by atoms with E-state index in [4.69, 9.17) is 15.7 Å². The van der Waals surface area contributed by atoms with E-state index in [0.717, 1.165) is 88.4 Å². The molecule has 0 bridgehead atoms. The first kappa shape index (κ1) is 39.9. The standard InChI is InChI=1S/C48H55FN9O3Si/c49-37-5-1-4-35(43(37)60)39-26-41(44(50)55-54-39)57-23-16-31-11-18-47(31,36-25-30(36)27-57)45-51-20-13-38(52-45)29-14-21-56(22-15-29)32-9-7-28(8-10-32)33-3-2-6-40-34(33)17-24-58(40)48(62)19-12-42(59)53-46(48)61/h1-6,13,20,26,28-32,36,60H,7-12,14-19,21-25,27H2,(H2,50,55)(H,53,59,61)/t28?,30-,31-,32?,36?,47?,48-/m0/s1. The van der Waals surface area contributed by atoms with Gasteiger partial charge in [0.15, 0.2) is 17.4 Å². The monoisotopic (exact) mass is 852 g/mol. The van der Waals surface area contributed by atoms with E-state index < -0.39 is 16.7 Å². The van der Waals surface area contributed by atoms with Crippen LogP contribution in [-0.4, -0.2) is 96.2 Å². The van der Waals surface area contributed by atoms with E-state index in [9.17, 15) is 19.1 Å². The summed E-state index contributed by atoms with van der Waals surface area (Å²) in [6, 6.07) is 15.7. The number of phenolic OH excluding ortho intramolecular Hbond substituents is 1. The minimum absolute atomic E-state index is 0.0320. The molecule has 6 fully saturated rings. The third-order valence-corrected chi connectivity index (χ3v) is 17.1. The van der Waals surface area contributed by atoms with Gasteiger partial charge < -0.3 is 25.5 Å². The minimum Gasteiger partial charge on any atom is -0.504 e. The third-order valence-electron chi connectivity index (χ3n) is 16.4. The number of likely N-dealkylation sites (tertiary alicyclic amines) is 1. The molecule has 321 valence electrons. The zero-order valence-corrected chi connectivity index (χ0v) is 36.2. The van der Waals surface area contributed by atoms with Gasteiger partial charge >= 0.3 is 0 Å². The van der Waals surface area contributed by atoms with E-state index in [-0.39, 0.29) is 17.2 Å². The summed E-state index contributed by atoms with van der Waals surface area (Å²) in [5.41, 5.74) is 13.1. The maximum atomic E-state index is 14.2. The molecule has 6 heterocycles. The SMILES string of the molecule is Nc1nnc(-c2cccc(F)c2O)cc1N1CC[C@@H]2CCC2(c2nccc(C3CCN(C4CCC(c5cccc6c5CCN6[C@]5([Si])CCC(=O)NC5=O)CC4)CC3)n2)C2C[C@H]2C1. The number of amides is 2. The zero-order valence-electron chi connectivity index (χ0n) is 35.2. The number of nitrogens with two attached hydrogens (primary N) is 1. The number of halogens is 1. The highest BCUT2D eigenvalue weighted by atomic mass is 28.1. The molecule has 3 saturated heterocycles. The van der Waals surface area contributed by atoms with Gasteiger partial charge in [-0.25, -0.2) is 14.4 Å². The molecule has 14 heteroatoms. The first-order valence-electron chi connectivity index (χ1n) is 23.0. The molecule has 4 aromatic rings. The van der Waals surface area contributed by atoms with Crippen LogP contribution in [0.1, 0.15) is 112 Å². The summed E-state index contributed by atoms with van der Waals surface area (Å²) in [4.78, 5) is 42.7. The van der Waals surface area contributed by atoms with Crippen molar-refractivity contribution >= 4 is 39.2 Å².